The number of piperidine rings is 1. The molecular weight excluding hydrogens is 486 g/mol. The van der Waals surface area contributed by atoms with Crippen molar-refractivity contribution < 1.29 is 4.79 Å². The van der Waals surface area contributed by atoms with Crippen LogP contribution >= 0.6 is 0 Å². The summed E-state index contributed by atoms with van der Waals surface area (Å²) in [5.74, 6) is 0.806. The first-order valence-corrected chi connectivity index (χ1v) is 14.7. The molecule has 0 spiro atoms. The molecule has 8 heteroatoms. The summed E-state index contributed by atoms with van der Waals surface area (Å²) in [7, 11) is 0. The lowest BCUT2D eigenvalue weighted by molar-refractivity contribution is -0.117. The SMILES string of the molecule is CC(=O)N(c1ccc(N2CCN(C3CCNCC3)CC2)cc1)C1CCC(Nc2ncc3ccccc3n2)CC1. The fraction of sp³-hybridized carbons (Fsp3) is 0.516. The zero-order valence-electron chi connectivity index (χ0n) is 23.1. The van der Waals surface area contributed by atoms with Gasteiger partial charge in [0.15, 0.2) is 0 Å². The highest BCUT2D eigenvalue weighted by Crippen LogP contribution is 2.31. The second-order valence-corrected chi connectivity index (χ2v) is 11.3. The standard InChI is InChI=1S/C31H41N7O/c1-23(39)38(28-8-6-25(7-9-28)34-31-33-22-24-4-2-3-5-30(24)35-31)29-12-10-26(11-13-29)36-18-20-37(21-19-36)27-14-16-32-17-15-27/h2-5,10-13,22,25,27-28,32H,6-9,14-21H2,1H3,(H,33,34,35). The number of carbonyl (C=O) groups is 1. The number of aromatic nitrogens is 2. The van der Waals surface area contributed by atoms with Crippen LogP contribution < -0.4 is 20.4 Å². The highest BCUT2D eigenvalue weighted by atomic mass is 16.2. The number of nitrogens with one attached hydrogen (secondary N) is 2. The number of anilines is 3. The van der Waals surface area contributed by atoms with Crippen LogP contribution in [-0.4, -0.2) is 78.2 Å². The molecule has 3 fully saturated rings. The van der Waals surface area contributed by atoms with Crippen LogP contribution in [0.25, 0.3) is 10.9 Å². The Labute approximate surface area is 231 Å². The lowest BCUT2D eigenvalue weighted by atomic mass is 9.89. The molecular formula is C31H41N7O. The zero-order chi connectivity index (χ0) is 26.6. The first-order chi connectivity index (χ1) is 19.1. The summed E-state index contributed by atoms with van der Waals surface area (Å²) in [6.07, 6.45) is 8.33. The normalized spacial score (nSPS) is 23.1. The number of amides is 1. The molecule has 3 aliphatic rings. The van der Waals surface area contributed by atoms with Gasteiger partial charge in [-0.25, -0.2) is 9.97 Å². The largest absolute Gasteiger partial charge is 0.369 e. The molecule has 3 aromatic rings. The van der Waals surface area contributed by atoms with Crippen LogP contribution in [0.15, 0.2) is 54.7 Å². The predicted octanol–water partition coefficient (Wildman–Crippen LogP) is 4.28. The molecule has 1 amide bonds. The maximum absolute atomic E-state index is 12.8. The lowest BCUT2D eigenvalue weighted by Crippen LogP contribution is -2.52. The van der Waals surface area contributed by atoms with Gasteiger partial charge in [0.05, 0.1) is 5.52 Å². The molecule has 3 heterocycles. The van der Waals surface area contributed by atoms with Crippen molar-refractivity contribution in [1.82, 2.24) is 20.2 Å². The zero-order valence-corrected chi connectivity index (χ0v) is 23.1. The van der Waals surface area contributed by atoms with Crippen LogP contribution in [0.3, 0.4) is 0 Å². The molecule has 8 nitrogen and oxygen atoms in total. The van der Waals surface area contributed by atoms with E-state index in [0.717, 1.165) is 87.6 Å². The van der Waals surface area contributed by atoms with E-state index in [0.29, 0.717) is 12.0 Å². The molecule has 2 aliphatic heterocycles. The molecule has 1 aromatic heterocycles. The van der Waals surface area contributed by atoms with E-state index >= 15 is 0 Å². The van der Waals surface area contributed by atoms with Crippen molar-refractivity contribution in [3.63, 3.8) is 0 Å². The molecule has 0 atom stereocenters. The summed E-state index contributed by atoms with van der Waals surface area (Å²) in [4.78, 5) is 29.2. The van der Waals surface area contributed by atoms with Gasteiger partial charge in [-0.2, -0.15) is 0 Å². The number of benzene rings is 2. The minimum Gasteiger partial charge on any atom is -0.369 e. The number of rotatable bonds is 6. The molecule has 2 aromatic carbocycles. The number of para-hydroxylation sites is 1. The van der Waals surface area contributed by atoms with Gasteiger partial charge in [0.2, 0.25) is 11.9 Å². The fourth-order valence-electron chi connectivity index (χ4n) is 6.69. The van der Waals surface area contributed by atoms with Crippen molar-refractivity contribution in [3.8, 4) is 0 Å². The number of fused-ring (bicyclic) bond motifs is 1. The van der Waals surface area contributed by atoms with Crippen LogP contribution in [0.1, 0.15) is 45.4 Å². The minimum absolute atomic E-state index is 0.118. The molecule has 1 saturated carbocycles. The van der Waals surface area contributed by atoms with Crippen molar-refractivity contribution in [2.45, 2.75) is 63.6 Å². The first kappa shape index (κ1) is 26.0. The van der Waals surface area contributed by atoms with Crippen LogP contribution in [0, 0.1) is 0 Å². The smallest absolute Gasteiger partial charge is 0.224 e. The van der Waals surface area contributed by atoms with E-state index in [1.807, 2.05) is 35.4 Å². The topological polar surface area (TPSA) is 76.6 Å². The van der Waals surface area contributed by atoms with Crippen molar-refractivity contribution in [2.24, 2.45) is 0 Å². The van der Waals surface area contributed by atoms with E-state index in [-0.39, 0.29) is 11.9 Å². The number of nitrogens with zero attached hydrogens (tertiary/aromatic N) is 5. The van der Waals surface area contributed by atoms with E-state index in [4.69, 9.17) is 0 Å². The lowest BCUT2D eigenvalue weighted by Gasteiger charge is -2.41. The highest BCUT2D eigenvalue weighted by molar-refractivity contribution is 5.92. The number of hydrogen-bond donors (Lipinski definition) is 2. The van der Waals surface area contributed by atoms with Crippen LogP contribution in [0.2, 0.25) is 0 Å². The monoisotopic (exact) mass is 527 g/mol. The van der Waals surface area contributed by atoms with Crippen molar-refractivity contribution in [1.29, 1.82) is 0 Å². The summed E-state index contributed by atoms with van der Waals surface area (Å²) < 4.78 is 0. The van der Waals surface area contributed by atoms with Crippen LogP contribution in [0.4, 0.5) is 17.3 Å². The van der Waals surface area contributed by atoms with E-state index in [1.165, 1.54) is 18.5 Å². The Balaban J connectivity index is 1.04. The molecule has 1 aliphatic carbocycles. The van der Waals surface area contributed by atoms with Gasteiger partial charge in [-0.05, 0) is 81.9 Å². The Kier molecular flexibility index (Phi) is 7.93. The average Bonchev–Trinajstić information content (AvgIpc) is 2.99. The van der Waals surface area contributed by atoms with E-state index in [9.17, 15) is 4.79 Å². The molecule has 39 heavy (non-hydrogen) atoms. The first-order valence-electron chi connectivity index (χ1n) is 14.7. The molecule has 0 bridgehead atoms. The maximum Gasteiger partial charge on any atom is 0.224 e. The quantitative estimate of drug-likeness (QED) is 0.496. The van der Waals surface area contributed by atoms with Crippen molar-refractivity contribution >= 4 is 34.1 Å². The maximum atomic E-state index is 12.8. The average molecular weight is 528 g/mol. The van der Waals surface area contributed by atoms with E-state index < -0.39 is 0 Å². The number of piperazine rings is 1. The van der Waals surface area contributed by atoms with Gasteiger partial charge in [-0.1, -0.05) is 18.2 Å². The fourth-order valence-corrected chi connectivity index (χ4v) is 6.69. The van der Waals surface area contributed by atoms with Crippen LogP contribution in [-0.2, 0) is 4.79 Å². The van der Waals surface area contributed by atoms with Gasteiger partial charge in [-0.3, -0.25) is 9.69 Å². The molecule has 206 valence electrons. The highest BCUT2D eigenvalue weighted by Gasteiger charge is 2.29. The van der Waals surface area contributed by atoms with E-state index in [1.54, 1.807) is 6.92 Å². The van der Waals surface area contributed by atoms with Crippen molar-refractivity contribution in [2.75, 3.05) is 54.4 Å². The third-order valence-electron chi connectivity index (χ3n) is 8.86. The second kappa shape index (κ2) is 11.9. The summed E-state index contributed by atoms with van der Waals surface area (Å²) in [5, 5.41) is 8.06. The minimum atomic E-state index is 0.118. The Morgan fingerprint density at radius 1 is 0.923 bits per heavy atom. The van der Waals surface area contributed by atoms with Gasteiger partial charge >= 0.3 is 0 Å². The summed E-state index contributed by atoms with van der Waals surface area (Å²) in [6, 6.07) is 18.0. The molecule has 0 unspecified atom stereocenters. The number of hydrogen-bond acceptors (Lipinski definition) is 7. The predicted molar refractivity (Wildman–Crippen MR) is 158 cm³/mol. The molecule has 2 N–H and O–H groups in total. The Bertz CT molecular complexity index is 1240. The third kappa shape index (κ3) is 6.02. The second-order valence-electron chi connectivity index (χ2n) is 11.3. The Morgan fingerprint density at radius 2 is 1.64 bits per heavy atom. The third-order valence-corrected chi connectivity index (χ3v) is 8.86. The van der Waals surface area contributed by atoms with Gasteiger partial charge in [0.1, 0.15) is 0 Å². The van der Waals surface area contributed by atoms with Gasteiger partial charge in [-0.15, -0.1) is 0 Å². The van der Waals surface area contributed by atoms with Crippen molar-refractivity contribution in [3.05, 3.63) is 54.7 Å². The number of carbonyl (C=O) groups excluding carboxylic acids is 1. The van der Waals surface area contributed by atoms with E-state index in [2.05, 4.69) is 54.7 Å². The van der Waals surface area contributed by atoms with Gasteiger partial charge < -0.3 is 20.4 Å². The molecule has 6 rings (SSSR count). The van der Waals surface area contributed by atoms with Gasteiger partial charge in [0, 0.05) is 74.2 Å². The Hall–Kier alpha value is -3.23. The summed E-state index contributed by atoms with van der Waals surface area (Å²) in [5.41, 5.74) is 3.22. The Morgan fingerprint density at radius 3 is 2.36 bits per heavy atom. The van der Waals surface area contributed by atoms with Gasteiger partial charge in [0.25, 0.3) is 0 Å². The summed E-state index contributed by atoms with van der Waals surface area (Å²) >= 11 is 0. The molecule has 0 radical (unpaired) electrons. The molecule has 2 saturated heterocycles. The summed E-state index contributed by atoms with van der Waals surface area (Å²) in [6.45, 7) is 8.39. The van der Waals surface area contributed by atoms with Crippen LogP contribution in [0.5, 0.6) is 0 Å².